The molecule has 1 aromatic heterocycles. The van der Waals surface area contributed by atoms with Crippen molar-refractivity contribution in [3.63, 3.8) is 0 Å². The summed E-state index contributed by atoms with van der Waals surface area (Å²) < 4.78 is 32.5. The Kier molecular flexibility index (Phi) is 3.80. The molecule has 4 rings (SSSR count). The minimum atomic E-state index is -3.88. The Hall–Kier alpha value is -3.07. The molecule has 1 heterocycles. The van der Waals surface area contributed by atoms with E-state index in [0.717, 1.165) is 12.8 Å². The van der Waals surface area contributed by atoms with Crippen LogP contribution in [0.5, 0.6) is 0 Å². The molecule has 0 atom stereocenters. The van der Waals surface area contributed by atoms with Crippen LogP contribution < -0.4 is 15.8 Å². The minimum Gasteiger partial charge on any atom is -0.408 e. The number of hydrogen-bond donors (Lipinski definition) is 3. The second-order valence-corrected chi connectivity index (χ2v) is 7.80. The predicted molar refractivity (Wildman–Crippen MR) is 95.4 cm³/mol. The molecular formula is C17H15N3O5S. The quantitative estimate of drug-likeness (QED) is 0.633. The van der Waals surface area contributed by atoms with Crippen LogP contribution in [-0.4, -0.2) is 19.3 Å². The summed E-state index contributed by atoms with van der Waals surface area (Å²) in [7, 11) is -3.88. The zero-order chi connectivity index (χ0) is 18.3. The normalized spacial score (nSPS) is 14.3. The van der Waals surface area contributed by atoms with Crippen LogP contribution in [0.2, 0.25) is 0 Å². The van der Waals surface area contributed by atoms with Gasteiger partial charge < -0.3 is 9.73 Å². The lowest BCUT2D eigenvalue weighted by Crippen LogP contribution is -2.15. The van der Waals surface area contributed by atoms with Crippen LogP contribution in [-0.2, 0) is 14.8 Å². The number of hydrogen-bond acceptors (Lipinski definition) is 5. The maximum Gasteiger partial charge on any atom is 0.417 e. The molecule has 2 aromatic carbocycles. The lowest BCUT2D eigenvalue weighted by molar-refractivity contribution is -0.117. The van der Waals surface area contributed by atoms with Crippen LogP contribution >= 0.6 is 0 Å². The highest BCUT2D eigenvalue weighted by Crippen LogP contribution is 2.30. The molecular weight excluding hydrogens is 358 g/mol. The van der Waals surface area contributed by atoms with Gasteiger partial charge in [0.2, 0.25) is 5.91 Å². The molecule has 0 saturated heterocycles. The van der Waals surface area contributed by atoms with Crippen molar-refractivity contribution in [3.05, 3.63) is 53.0 Å². The van der Waals surface area contributed by atoms with Gasteiger partial charge in [0.05, 0.1) is 16.1 Å². The smallest absolute Gasteiger partial charge is 0.408 e. The highest BCUT2D eigenvalue weighted by molar-refractivity contribution is 7.92. The molecule has 0 radical (unpaired) electrons. The standard InChI is InChI=1S/C17H15N3O5S/c21-16(10-4-5-10)18-11-2-1-3-12(8-11)20-26(23,24)13-6-7-14-15(9-13)25-17(22)19-14/h1-3,6-10,20H,4-5H2,(H,18,21)(H,19,22). The van der Waals surface area contributed by atoms with Gasteiger partial charge in [-0.2, -0.15) is 0 Å². The van der Waals surface area contributed by atoms with E-state index in [-0.39, 0.29) is 22.3 Å². The van der Waals surface area contributed by atoms with E-state index < -0.39 is 15.8 Å². The number of amides is 1. The third kappa shape index (κ3) is 3.33. The fourth-order valence-corrected chi connectivity index (χ4v) is 3.62. The van der Waals surface area contributed by atoms with Crippen LogP contribution in [0.15, 0.2) is 56.6 Å². The third-order valence-electron chi connectivity index (χ3n) is 4.03. The number of fused-ring (bicyclic) bond motifs is 1. The molecule has 1 aliphatic carbocycles. The van der Waals surface area contributed by atoms with Crippen molar-refractivity contribution in [2.45, 2.75) is 17.7 Å². The van der Waals surface area contributed by atoms with Crippen LogP contribution in [0.25, 0.3) is 11.1 Å². The Labute approximate surface area is 148 Å². The largest absolute Gasteiger partial charge is 0.417 e. The first kappa shape index (κ1) is 16.4. The van der Waals surface area contributed by atoms with Gasteiger partial charge in [0.25, 0.3) is 10.0 Å². The van der Waals surface area contributed by atoms with Gasteiger partial charge in [0.1, 0.15) is 0 Å². The third-order valence-corrected chi connectivity index (χ3v) is 5.41. The van der Waals surface area contributed by atoms with Crippen LogP contribution in [0.1, 0.15) is 12.8 Å². The van der Waals surface area contributed by atoms with Crippen molar-refractivity contribution < 1.29 is 17.6 Å². The number of oxazole rings is 1. The van der Waals surface area contributed by atoms with Gasteiger partial charge in [-0.25, -0.2) is 13.2 Å². The number of nitrogens with one attached hydrogen (secondary N) is 3. The van der Waals surface area contributed by atoms with E-state index >= 15 is 0 Å². The van der Waals surface area contributed by atoms with Gasteiger partial charge in [-0.15, -0.1) is 0 Å². The molecule has 0 aliphatic heterocycles. The Bertz CT molecular complexity index is 1160. The first-order valence-electron chi connectivity index (χ1n) is 7.97. The summed E-state index contributed by atoms with van der Waals surface area (Å²) in [5.74, 6) is -0.655. The Morgan fingerprint density at radius 2 is 1.88 bits per heavy atom. The molecule has 1 fully saturated rings. The van der Waals surface area contributed by atoms with Crippen molar-refractivity contribution in [2.24, 2.45) is 5.92 Å². The zero-order valence-electron chi connectivity index (χ0n) is 13.5. The summed E-state index contributed by atoms with van der Waals surface area (Å²) >= 11 is 0. The molecule has 0 spiro atoms. The Balaban J connectivity index is 1.58. The average Bonchev–Trinajstić information content (AvgIpc) is 3.35. The summed E-state index contributed by atoms with van der Waals surface area (Å²) in [6.45, 7) is 0. The molecule has 3 aromatic rings. The molecule has 1 amide bonds. The number of benzene rings is 2. The summed E-state index contributed by atoms with van der Waals surface area (Å²) in [6.07, 6.45) is 1.77. The number of sulfonamides is 1. The minimum absolute atomic E-state index is 0.0415. The van der Waals surface area contributed by atoms with Gasteiger partial charge in [-0.1, -0.05) is 6.07 Å². The molecule has 1 saturated carbocycles. The van der Waals surface area contributed by atoms with Crippen molar-refractivity contribution in [1.82, 2.24) is 4.98 Å². The molecule has 0 unspecified atom stereocenters. The number of carbonyl (C=O) groups excluding carboxylic acids is 1. The summed E-state index contributed by atoms with van der Waals surface area (Å²) in [5.41, 5.74) is 1.41. The molecule has 8 nitrogen and oxygen atoms in total. The summed E-state index contributed by atoms with van der Waals surface area (Å²) in [5, 5.41) is 2.77. The average molecular weight is 373 g/mol. The van der Waals surface area contributed by atoms with Gasteiger partial charge in [-0.3, -0.25) is 14.5 Å². The molecule has 3 N–H and O–H groups in total. The molecule has 1 aliphatic rings. The maximum atomic E-state index is 12.6. The van der Waals surface area contributed by atoms with E-state index in [0.29, 0.717) is 16.9 Å². The van der Waals surface area contributed by atoms with Crippen molar-refractivity contribution >= 4 is 38.4 Å². The highest BCUT2D eigenvalue weighted by atomic mass is 32.2. The van der Waals surface area contributed by atoms with Crippen LogP contribution in [0, 0.1) is 5.92 Å². The summed E-state index contributed by atoms with van der Waals surface area (Å²) in [6, 6.07) is 10.6. The van der Waals surface area contributed by atoms with Gasteiger partial charge >= 0.3 is 5.76 Å². The van der Waals surface area contributed by atoms with Crippen LogP contribution in [0.4, 0.5) is 11.4 Å². The number of aromatic nitrogens is 1. The Morgan fingerprint density at radius 1 is 1.12 bits per heavy atom. The molecule has 0 bridgehead atoms. The van der Waals surface area contributed by atoms with Gasteiger partial charge in [0.15, 0.2) is 5.58 Å². The topological polar surface area (TPSA) is 121 Å². The fraction of sp³-hybridized carbons (Fsp3) is 0.176. The maximum absolute atomic E-state index is 12.6. The van der Waals surface area contributed by atoms with Gasteiger partial charge in [0, 0.05) is 17.7 Å². The molecule has 26 heavy (non-hydrogen) atoms. The number of anilines is 2. The van der Waals surface area contributed by atoms with Crippen molar-refractivity contribution in [3.8, 4) is 0 Å². The molecule has 134 valence electrons. The lowest BCUT2D eigenvalue weighted by atomic mass is 10.2. The highest BCUT2D eigenvalue weighted by Gasteiger charge is 2.29. The van der Waals surface area contributed by atoms with E-state index in [9.17, 15) is 18.0 Å². The molecule has 9 heteroatoms. The second-order valence-electron chi connectivity index (χ2n) is 6.12. The SMILES string of the molecule is O=C(Nc1cccc(NS(=O)(=O)c2ccc3[nH]c(=O)oc3c2)c1)C1CC1. The summed E-state index contributed by atoms with van der Waals surface area (Å²) in [4.78, 5) is 25.4. The fourth-order valence-electron chi connectivity index (χ4n) is 2.56. The number of H-pyrrole nitrogens is 1. The van der Waals surface area contributed by atoms with Crippen LogP contribution in [0.3, 0.4) is 0 Å². The second kappa shape index (κ2) is 6.03. The van der Waals surface area contributed by atoms with Crippen molar-refractivity contribution in [2.75, 3.05) is 10.0 Å². The van der Waals surface area contributed by atoms with E-state index in [1.165, 1.54) is 18.2 Å². The number of carbonyl (C=O) groups is 1. The number of rotatable bonds is 5. The van der Waals surface area contributed by atoms with E-state index in [2.05, 4.69) is 15.0 Å². The van der Waals surface area contributed by atoms with E-state index in [4.69, 9.17) is 4.42 Å². The van der Waals surface area contributed by atoms with E-state index in [1.807, 2.05) is 0 Å². The number of aromatic amines is 1. The van der Waals surface area contributed by atoms with Crippen molar-refractivity contribution in [1.29, 1.82) is 0 Å². The monoisotopic (exact) mass is 373 g/mol. The zero-order valence-corrected chi connectivity index (χ0v) is 14.3. The van der Waals surface area contributed by atoms with Gasteiger partial charge in [-0.05, 0) is 43.2 Å². The lowest BCUT2D eigenvalue weighted by Gasteiger charge is -2.10. The van der Waals surface area contributed by atoms with E-state index in [1.54, 1.807) is 24.3 Å². The predicted octanol–water partition coefficient (Wildman–Crippen LogP) is 2.27. The first-order chi connectivity index (χ1) is 12.4. The Morgan fingerprint density at radius 3 is 2.65 bits per heavy atom. The first-order valence-corrected chi connectivity index (χ1v) is 9.46.